The summed E-state index contributed by atoms with van der Waals surface area (Å²) in [5.41, 5.74) is 0.475. The number of carbonyl (C=O) groups is 3. The van der Waals surface area contributed by atoms with E-state index < -0.39 is 11.6 Å². The Hall–Kier alpha value is -2.02. The van der Waals surface area contributed by atoms with E-state index in [9.17, 15) is 14.4 Å². The van der Waals surface area contributed by atoms with Gasteiger partial charge in [-0.1, -0.05) is 11.6 Å². The SMILES string of the molecule is COc1ccc(C)cc1C(=O)CN1C(=O)N[C@@]2(CCSC2)C1=O. The van der Waals surface area contributed by atoms with Gasteiger partial charge in [-0.2, -0.15) is 11.8 Å². The highest BCUT2D eigenvalue weighted by Gasteiger charge is 2.53. The number of hydrogen-bond donors (Lipinski definition) is 1. The second-order valence-corrected chi connectivity index (χ2v) is 6.94. The van der Waals surface area contributed by atoms with Gasteiger partial charge < -0.3 is 10.1 Å². The third kappa shape index (κ3) is 2.69. The summed E-state index contributed by atoms with van der Waals surface area (Å²) in [6.07, 6.45) is 0.612. The fraction of sp³-hybridized carbons (Fsp3) is 0.438. The van der Waals surface area contributed by atoms with Crippen LogP contribution >= 0.6 is 11.8 Å². The molecule has 0 saturated carbocycles. The molecule has 1 aromatic rings. The molecule has 1 N–H and O–H groups in total. The number of rotatable bonds is 4. The molecule has 2 aliphatic heterocycles. The number of urea groups is 1. The van der Waals surface area contributed by atoms with Gasteiger partial charge in [0.05, 0.1) is 19.2 Å². The second-order valence-electron chi connectivity index (χ2n) is 5.83. The van der Waals surface area contributed by atoms with Crippen molar-refractivity contribution in [2.75, 3.05) is 25.2 Å². The Labute approximate surface area is 138 Å². The van der Waals surface area contributed by atoms with E-state index in [0.29, 0.717) is 23.5 Å². The van der Waals surface area contributed by atoms with Gasteiger partial charge in [0, 0.05) is 5.75 Å². The average molecular weight is 334 g/mol. The van der Waals surface area contributed by atoms with Crippen molar-refractivity contribution < 1.29 is 19.1 Å². The van der Waals surface area contributed by atoms with Crippen molar-refractivity contribution >= 4 is 29.5 Å². The first-order valence-electron chi connectivity index (χ1n) is 7.36. The van der Waals surface area contributed by atoms with Gasteiger partial charge in [-0.05, 0) is 31.2 Å². The Morgan fingerprint density at radius 3 is 2.87 bits per heavy atom. The van der Waals surface area contributed by atoms with E-state index in [0.717, 1.165) is 16.2 Å². The van der Waals surface area contributed by atoms with Gasteiger partial charge in [0.25, 0.3) is 5.91 Å². The van der Waals surface area contributed by atoms with Gasteiger partial charge in [0.2, 0.25) is 0 Å². The van der Waals surface area contributed by atoms with Gasteiger partial charge in [0.15, 0.2) is 5.78 Å². The lowest BCUT2D eigenvalue weighted by molar-refractivity contribution is -0.130. The Balaban J connectivity index is 1.82. The number of Topliss-reactive ketones (excluding diaryl/α,β-unsaturated/α-hetero) is 1. The molecule has 6 nitrogen and oxygen atoms in total. The second kappa shape index (κ2) is 5.88. The van der Waals surface area contributed by atoms with Crippen molar-refractivity contribution in [3.05, 3.63) is 29.3 Å². The maximum absolute atomic E-state index is 12.6. The molecular formula is C16H18N2O4S. The molecule has 2 fully saturated rings. The maximum Gasteiger partial charge on any atom is 0.325 e. The Kier molecular flexibility index (Phi) is 4.06. The average Bonchev–Trinajstić information content (AvgIpc) is 3.08. The molecule has 2 heterocycles. The highest BCUT2D eigenvalue weighted by molar-refractivity contribution is 7.99. The zero-order chi connectivity index (χ0) is 16.6. The Morgan fingerprint density at radius 1 is 1.43 bits per heavy atom. The molecule has 0 aliphatic carbocycles. The first kappa shape index (κ1) is 15.9. The van der Waals surface area contributed by atoms with Crippen molar-refractivity contribution in [1.29, 1.82) is 0 Å². The van der Waals surface area contributed by atoms with Crippen LogP contribution in [0.4, 0.5) is 4.79 Å². The number of methoxy groups -OCH3 is 1. The molecule has 2 saturated heterocycles. The van der Waals surface area contributed by atoms with Crippen LogP contribution in [0.5, 0.6) is 5.75 Å². The number of ketones is 1. The number of amides is 3. The van der Waals surface area contributed by atoms with Crippen molar-refractivity contribution in [2.24, 2.45) is 0 Å². The van der Waals surface area contributed by atoms with Crippen LogP contribution in [-0.2, 0) is 4.79 Å². The smallest absolute Gasteiger partial charge is 0.325 e. The number of ether oxygens (including phenoxy) is 1. The molecule has 7 heteroatoms. The van der Waals surface area contributed by atoms with E-state index in [1.807, 2.05) is 13.0 Å². The molecule has 0 radical (unpaired) electrons. The highest BCUT2D eigenvalue weighted by Crippen LogP contribution is 2.33. The lowest BCUT2D eigenvalue weighted by atomic mass is 9.99. The van der Waals surface area contributed by atoms with Crippen LogP contribution in [0.25, 0.3) is 0 Å². The summed E-state index contributed by atoms with van der Waals surface area (Å²) in [7, 11) is 1.49. The van der Waals surface area contributed by atoms with Crippen LogP contribution < -0.4 is 10.1 Å². The molecule has 2 aliphatic rings. The summed E-state index contributed by atoms with van der Waals surface area (Å²) in [4.78, 5) is 38.3. The van der Waals surface area contributed by atoms with Gasteiger partial charge in [-0.25, -0.2) is 4.79 Å². The molecule has 1 spiro atoms. The summed E-state index contributed by atoms with van der Waals surface area (Å²) in [6, 6.07) is 4.77. The van der Waals surface area contributed by atoms with E-state index in [1.54, 1.807) is 23.9 Å². The van der Waals surface area contributed by atoms with Crippen LogP contribution in [0.1, 0.15) is 22.3 Å². The lowest BCUT2D eigenvalue weighted by Crippen LogP contribution is -2.47. The summed E-state index contributed by atoms with van der Waals surface area (Å²) >= 11 is 1.63. The number of imide groups is 1. The minimum atomic E-state index is -0.821. The minimum absolute atomic E-state index is 0.267. The number of hydrogen-bond acceptors (Lipinski definition) is 5. The highest BCUT2D eigenvalue weighted by atomic mass is 32.2. The van der Waals surface area contributed by atoms with E-state index in [-0.39, 0.29) is 18.2 Å². The van der Waals surface area contributed by atoms with Crippen molar-refractivity contribution in [1.82, 2.24) is 10.2 Å². The predicted octanol–water partition coefficient (Wildman–Crippen LogP) is 1.61. The molecule has 1 atom stereocenters. The number of benzene rings is 1. The largest absolute Gasteiger partial charge is 0.496 e. The molecule has 1 aromatic carbocycles. The fourth-order valence-electron chi connectivity index (χ4n) is 2.92. The Bertz CT molecular complexity index is 683. The lowest BCUT2D eigenvalue weighted by Gasteiger charge is -2.19. The van der Waals surface area contributed by atoms with Gasteiger partial charge in [-0.3, -0.25) is 14.5 Å². The summed E-state index contributed by atoms with van der Waals surface area (Å²) < 4.78 is 5.20. The topological polar surface area (TPSA) is 75.7 Å². The third-order valence-corrected chi connectivity index (χ3v) is 5.41. The van der Waals surface area contributed by atoms with E-state index >= 15 is 0 Å². The van der Waals surface area contributed by atoms with E-state index in [4.69, 9.17) is 4.74 Å². The number of aryl methyl sites for hydroxylation is 1. The first-order chi connectivity index (χ1) is 11.0. The van der Waals surface area contributed by atoms with Crippen LogP contribution in [0.2, 0.25) is 0 Å². The number of carbonyl (C=O) groups excluding carboxylic acids is 3. The van der Waals surface area contributed by atoms with Gasteiger partial charge in [0.1, 0.15) is 11.3 Å². The normalized spacial score (nSPS) is 23.5. The molecule has 3 amide bonds. The Morgan fingerprint density at radius 2 is 2.22 bits per heavy atom. The first-order valence-corrected chi connectivity index (χ1v) is 8.52. The molecule has 0 bridgehead atoms. The minimum Gasteiger partial charge on any atom is -0.496 e. The predicted molar refractivity (Wildman–Crippen MR) is 87.0 cm³/mol. The van der Waals surface area contributed by atoms with Crippen LogP contribution in [0.3, 0.4) is 0 Å². The molecule has 122 valence electrons. The molecule has 23 heavy (non-hydrogen) atoms. The summed E-state index contributed by atoms with van der Waals surface area (Å²) in [5.74, 6) is 1.23. The number of nitrogens with zero attached hydrogens (tertiary/aromatic N) is 1. The van der Waals surface area contributed by atoms with E-state index in [1.165, 1.54) is 7.11 Å². The molecule has 0 unspecified atom stereocenters. The monoisotopic (exact) mass is 334 g/mol. The van der Waals surface area contributed by atoms with Gasteiger partial charge >= 0.3 is 6.03 Å². The fourth-order valence-corrected chi connectivity index (χ4v) is 4.25. The van der Waals surface area contributed by atoms with Crippen molar-refractivity contribution in [2.45, 2.75) is 18.9 Å². The zero-order valence-corrected chi connectivity index (χ0v) is 13.9. The van der Waals surface area contributed by atoms with Crippen LogP contribution in [0.15, 0.2) is 18.2 Å². The number of nitrogens with one attached hydrogen (secondary N) is 1. The van der Waals surface area contributed by atoms with Crippen LogP contribution in [0, 0.1) is 6.92 Å². The summed E-state index contributed by atoms with van der Waals surface area (Å²) in [6.45, 7) is 1.60. The quantitative estimate of drug-likeness (QED) is 0.669. The van der Waals surface area contributed by atoms with Crippen LogP contribution in [-0.4, -0.2) is 53.3 Å². The molecule has 3 rings (SSSR count). The third-order valence-electron chi connectivity index (χ3n) is 4.22. The zero-order valence-electron chi connectivity index (χ0n) is 13.0. The van der Waals surface area contributed by atoms with Crippen molar-refractivity contribution in [3.63, 3.8) is 0 Å². The van der Waals surface area contributed by atoms with Crippen molar-refractivity contribution in [3.8, 4) is 5.75 Å². The summed E-state index contributed by atoms with van der Waals surface area (Å²) in [5, 5.41) is 2.76. The molecular weight excluding hydrogens is 316 g/mol. The standard InChI is InChI=1S/C16H18N2O4S/c1-10-3-4-13(22-2)11(7-10)12(19)8-18-14(20)16(17-15(18)21)5-6-23-9-16/h3-4,7H,5-6,8-9H2,1-2H3,(H,17,21)/t16-/m1/s1. The van der Waals surface area contributed by atoms with Gasteiger partial charge in [-0.15, -0.1) is 0 Å². The maximum atomic E-state index is 12.6. The number of thioether (sulfide) groups is 1. The van der Waals surface area contributed by atoms with E-state index in [2.05, 4.69) is 5.32 Å². The molecule has 0 aromatic heterocycles.